The molecule has 92 valence electrons. The standard InChI is InChI=1S/C11H20N2O3/c1-8(7-12)9(14)13-11(10(15)16-2)5-3-4-6-11/h8H,3-7,12H2,1-2H3,(H,13,14). The van der Waals surface area contributed by atoms with Gasteiger partial charge < -0.3 is 15.8 Å². The van der Waals surface area contributed by atoms with E-state index in [-0.39, 0.29) is 24.3 Å². The third-order valence-electron chi connectivity index (χ3n) is 3.20. The zero-order valence-corrected chi connectivity index (χ0v) is 9.91. The molecule has 1 rings (SSSR count). The second-order valence-electron chi connectivity index (χ2n) is 4.41. The van der Waals surface area contributed by atoms with E-state index in [1.807, 2.05) is 0 Å². The monoisotopic (exact) mass is 228 g/mol. The van der Waals surface area contributed by atoms with Crippen LogP contribution in [0.4, 0.5) is 0 Å². The summed E-state index contributed by atoms with van der Waals surface area (Å²) in [5.41, 5.74) is 4.61. The van der Waals surface area contributed by atoms with Crippen LogP contribution in [-0.4, -0.2) is 31.1 Å². The van der Waals surface area contributed by atoms with Crippen LogP contribution in [-0.2, 0) is 14.3 Å². The first-order chi connectivity index (χ1) is 7.55. The summed E-state index contributed by atoms with van der Waals surface area (Å²) < 4.78 is 4.77. The van der Waals surface area contributed by atoms with E-state index in [9.17, 15) is 9.59 Å². The largest absolute Gasteiger partial charge is 0.467 e. The van der Waals surface area contributed by atoms with Gasteiger partial charge in [-0.1, -0.05) is 19.8 Å². The predicted molar refractivity (Wildman–Crippen MR) is 59.6 cm³/mol. The van der Waals surface area contributed by atoms with Gasteiger partial charge in [0.1, 0.15) is 5.54 Å². The summed E-state index contributed by atoms with van der Waals surface area (Å²) >= 11 is 0. The molecule has 1 saturated carbocycles. The summed E-state index contributed by atoms with van der Waals surface area (Å²) in [6, 6.07) is 0. The third kappa shape index (κ3) is 2.52. The predicted octanol–water partition coefficient (Wildman–Crippen LogP) is 0.183. The van der Waals surface area contributed by atoms with E-state index >= 15 is 0 Å². The van der Waals surface area contributed by atoms with Crippen molar-refractivity contribution in [3.05, 3.63) is 0 Å². The van der Waals surface area contributed by atoms with E-state index in [1.165, 1.54) is 7.11 Å². The lowest BCUT2D eigenvalue weighted by atomic mass is 9.96. The first-order valence-electron chi connectivity index (χ1n) is 5.66. The molecule has 1 unspecified atom stereocenters. The van der Waals surface area contributed by atoms with E-state index in [2.05, 4.69) is 5.32 Å². The smallest absolute Gasteiger partial charge is 0.331 e. The van der Waals surface area contributed by atoms with Crippen LogP contribution < -0.4 is 11.1 Å². The van der Waals surface area contributed by atoms with Crippen LogP contribution in [0.1, 0.15) is 32.6 Å². The summed E-state index contributed by atoms with van der Waals surface area (Å²) in [6.07, 6.45) is 3.18. The van der Waals surface area contributed by atoms with E-state index in [4.69, 9.17) is 10.5 Å². The Morgan fingerprint density at radius 2 is 2.00 bits per heavy atom. The molecule has 0 saturated heterocycles. The van der Waals surface area contributed by atoms with E-state index in [1.54, 1.807) is 6.92 Å². The molecule has 1 atom stereocenters. The second kappa shape index (κ2) is 5.30. The molecule has 1 amide bonds. The molecule has 0 bridgehead atoms. The zero-order chi connectivity index (χ0) is 12.2. The van der Waals surface area contributed by atoms with Crippen LogP contribution in [0, 0.1) is 5.92 Å². The number of nitrogens with two attached hydrogens (primary N) is 1. The number of hydrogen-bond acceptors (Lipinski definition) is 4. The number of carbonyl (C=O) groups is 2. The summed E-state index contributed by atoms with van der Waals surface area (Å²) in [5.74, 6) is -0.792. The maximum absolute atomic E-state index is 11.8. The summed E-state index contributed by atoms with van der Waals surface area (Å²) in [6.45, 7) is 2.03. The molecular formula is C11H20N2O3. The molecule has 1 aliphatic carbocycles. The first kappa shape index (κ1) is 13.0. The van der Waals surface area contributed by atoms with Gasteiger partial charge in [0.25, 0.3) is 0 Å². The highest BCUT2D eigenvalue weighted by Gasteiger charge is 2.43. The van der Waals surface area contributed by atoms with Crippen molar-refractivity contribution in [1.29, 1.82) is 0 Å². The fraction of sp³-hybridized carbons (Fsp3) is 0.818. The van der Waals surface area contributed by atoms with Crippen LogP contribution in [0.5, 0.6) is 0 Å². The Hall–Kier alpha value is -1.10. The number of rotatable bonds is 4. The van der Waals surface area contributed by atoms with Gasteiger partial charge in [0, 0.05) is 12.5 Å². The van der Waals surface area contributed by atoms with Gasteiger partial charge in [-0.15, -0.1) is 0 Å². The number of amides is 1. The molecule has 16 heavy (non-hydrogen) atoms. The molecular weight excluding hydrogens is 208 g/mol. The highest BCUT2D eigenvalue weighted by atomic mass is 16.5. The summed E-state index contributed by atoms with van der Waals surface area (Å²) in [5, 5.41) is 2.80. The second-order valence-corrected chi connectivity index (χ2v) is 4.41. The van der Waals surface area contributed by atoms with Crippen LogP contribution in [0.25, 0.3) is 0 Å². The number of carbonyl (C=O) groups excluding carboxylic acids is 2. The van der Waals surface area contributed by atoms with Crippen LogP contribution in [0.3, 0.4) is 0 Å². The summed E-state index contributed by atoms with van der Waals surface area (Å²) in [4.78, 5) is 23.5. The molecule has 0 radical (unpaired) electrons. The van der Waals surface area contributed by atoms with Crippen LogP contribution in [0.15, 0.2) is 0 Å². The van der Waals surface area contributed by atoms with E-state index < -0.39 is 5.54 Å². The average Bonchev–Trinajstić information content (AvgIpc) is 2.76. The van der Waals surface area contributed by atoms with Crippen LogP contribution >= 0.6 is 0 Å². The van der Waals surface area contributed by atoms with Gasteiger partial charge in [-0.2, -0.15) is 0 Å². The van der Waals surface area contributed by atoms with Crippen molar-refractivity contribution >= 4 is 11.9 Å². The lowest BCUT2D eigenvalue weighted by Gasteiger charge is -2.28. The van der Waals surface area contributed by atoms with Gasteiger partial charge in [-0.25, -0.2) is 4.79 Å². The number of esters is 1. The third-order valence-corrected chi connectivity index (χ3v) is 3.20. The lowest BCUT2D eigenvalue weighted by molar-refractivity contribution is -0.151. The maximum Gasteiger partial charge on any atom is 0.331 e. The molecule has 0 aromatic heterocycles. The lowest BCUT2D eigenvalue weighted by Crippen LogP contribution is -2.55. The van der Waals surface area contributed by atoms with Crippen molar-refractivity contribution in [1.82, 2.24) is 5.32 Å². The highest BCUT2D eigenvalue weighted by molar-refractivity contribution is 5.89. The zero-order valence-electron chi connectivity index (χ0n) is 9.91. The van der Waals surface area contributed by atoms with Crippen molar-refractivity contribution < 1.29 is 14.3 Å². The van der Waals surface area contributed by atoms with Gasteiger partial charge in [0.05, 0.1) is 7.11 Å². The summed E-state index contributed by atoms with van der Waals surface area (Å²) in [7, 11) is 1.35. The van der Waals surface area contributed by atoms with Crippen molar-refractivity contribution in [3.8, 4) is 0 Å². The number of nitrogens with one attached hydrogen (secondary N) is 1. The maximum atomic E-state index is 11.8. The number of methoxy groups -OCH3 is 1. The SMILES string of the molecule is COC(=O)C1(NC(=O)C(C)CN)CCCC1. The molecule has 5 heteroatoms. The minimum Gasteiger partial charge on any atom is -0.467 e. The minimum atomic E-state index is -0.810. The molecule has 1 fully saturated rings. The van der Waals surface area contributed by atoms with Crippen molar-refractivity contribution in [2.45, 2.75) is 38.1 Å². The van der Waals surface area contributed by atoms with Crippen LogP contribution in [0.2, 0.25) is 0 Å². The Bertz CT molecular complexity index is 272. The molecule has 5 nitrogen and oxygen atoms in total. The van der Waals surface area contributed by atoms with Crippen molar-refractivity contribution in [2.24, 2.45) is 11.7 Å². The van der Waals surface area contributed by atoms with Gasteiger partial charge in [0.15, 0.2) is 0 Å². The minimum absolute atomic E-state index is 0.171. The van der Waals surface area contributed by atoms with E-state index in [0.717, 1.165) is 12.8 Å². The Morgan fingerprint density at radius 3 is 2.44 bits per heavy atom. The van der Waals surface area contributed by atoms with Crippen molar-refractivity contribution in [2.75, 3.05) is 13.7 Å². The number of ether oxygens (including phenoxy) is 1. The van der Waals surface area contributed by atoms with E-state index in [0.29, 0.717) is 12.8 Å². The fourth-order valence-electron chi connectivity index (χ4n) is 2.02. The van der Waals surface area contributed by atoms with Gasteiger partial charge in [0.2, 0.25) is 5.91 Å². The first-order valence-corrected chi connectivity index (χ1v) is 5.66. The van der Waals surface area contributed by atoms with Gasteiger partial charge >= 0.3 is 5.97 Å². The van der Waals surface area contributed by atoms with Gasteiger partial charge in [-0.05, 0) is 12.8 Å². The Kier molecular flexibility index (Phi) is 4.29. The Labute approximate surface area is 95.7 Å². The average molecular weight is 228 g/mol. The normalized spacial score (nSPS) is 20.2. The Morgan fingerprint density at radius 1 is 1.44 bits per heavy atom. The molecule has 0 spiro atoms. The molecule has 0 aromatic carbocycles. The highest BCUT2D eigenvalue weighted by Crippen LogP contribution is 2.31. The molecule has 1 aliphatic rings. The molecule has 0 aromatic rings. The van der Waals surface area contributed by atoms with Gasteiger partial charge in [-0.3, -0.25) is 4.79 Å². The number of hydrogen-bond donors (Lipinski definition) is 2. The molecule has 0 aliphatic heterocycles. The molecule has 0 heterocycles. The quantitative estimate of drug-likeness (QED) is 0.673. The molecule has 3 N–H and O–H groups in total. The fourth-order valence-corrected chi connectivity index (χ4v) is 2.02. The topological polar surface area (TPSA) is 81.4 Å². The Balaban J connectivity index is 2.72. The van der Waals surface area contributed by atoms with Crippen molar-refractivity contribution in [3.63, 3.8) is 0 Å².